The van der Waals surface area contributed by atoms with Crippen LogP contribution in [0.5, 0.6) is 0 Å². The van der Waals surface area contributed by atoms with E-state index in [0.29, 0.717) is 6.61 Å². The summed E-state index contributed by atoms with van der Waals surface area (Å²) in [6.45, 7) is 3.97. The van der Waals surface area contributed by atoms with E-state index >= 15 is 0 Å². The van der Waals surface area contributed by atoms with Gasteiger partial charge in [0.1, 0.15) is 12.2 Å². The molecule has 22 heavy (non-hydrogen) atoms. The molecule has 2 fully saturated rings. The molecule has 4 unspecified atom stereocenters. The van der Waals surface area contributed by atoms with Gasteiger partial charge in [-0.05, 0) is 19.4 Å². The van der Waals surface area contributed by atoms with Gasteiger partial charge >= 0.3 is 5.97 Å². The van der Waals surface area contributed by atoms with Crippen molar-refractivity contribution in [2.24, 2.45) is 0 Å². The van der Waals surface area contributed by atoms with Gasteiger partial charge in [-0.15, -0.1) is 0 Å². The third-order valence-electron chi connectivity index (χ3n) is 3.70. The largest absolute Gasteiger partial charge is 0.467 e. The van der Waals surface area contributed by atoms with Gasteiger partial charge in [0.25, 0.3) is 0 Å². The molecule has 0 bridgehead atoms. The van der Waals surface area contributed by atoms with Crippen molar-refractivity contribution in [1.82, 2.24) is 0 Å². The highest BCUT2D eigenvalue weighted by atomic mass is 16.8. The number of hydrogen-bond acceptors (Lipinski definition) is 6. The Morgan fingerprint density at radius 2 is 1.86 bits per heavy atom. The maximum Gasteiger partial charge on any atom is 0.337 e. The molecular formula is C16H20O6. The molecule has 0 saturated carbocycles. The molecule has 6 heteroatoms. The van der Waals surface area contributed by atoms with Crippen LogP contribution < -0.4 is 0 Å². The summed E-state index contributed by atoms with van der Waals surface area (Å²) in [7, 11) is 1.32. The molecule has 0 spiro atoms. The Balaban J connectivity index is 1.70. The zero-order chi connectivity index (χ0) is 15.7. The third kappa shape index (κ3) is 3.01. The Bertz CT molecular complexity index is 529. The minimum Gasteiger partial charge on any atom is -0.467 e. The van der Waals surface area contributed by atoms with Crippen LogP contribution in [0.3, 0.4) is 0 Å². The van der Waals surface area contributed by atoms with Crippen molar-refractivity contribution in [1.29, 1.82) is 0 Å². The Kier molecular flexibility index (Phi) is 4.18. The Morgan fingerprint density at radius 3 is 2.55 bits per heavy atom. The highest BCUT2D eigenvalue weighted by Gasteiger charge is 2.58. The summed E-state index contributed by atoms with van der Waals surface area (Å²) in [5.41, 5.74) is 1.02. The smallest absolute Gasteiger partial charge is 0.337 e. The standard InChI is InChI=1S/C16H20O6/c1-16(2)21-11-12(14(17)18-3)20-15(13(11)22-16)19-9-10-7-5-4-6-8-10/h4-8,11-13,15H,9H2,1-3H3. The van der Waals surface area contributed by atoms with Gasteiger partial charge in [-0.2, -0.15) is 0 Å². The number of carbonyl (C=O) groups is 1. The Labute approximate surface area is 129 Å². The molecule has 6 nitrogen and oxygen atoms in total. The first-order valence-corrected chi connectivity index (χ1v) is 7.24. The van der Waals surface area contributed by atoms with Gasteiger partial charge in [0.05, 0.1) is 13.7 Å². The second kappa shape index (κ2) is 5.96. The van der Waals surface area contributed by atoms with Crippen molar-refractivity contribution >= 4 is 5.97 Å². The number of fused-ring (bicyclic) bond motifs is 1. The topological polar surface area (TPSA) is 63.2 Å². The molecule has 0 aliphatic carbocycles. The van der Waals surface area contributed by atoms with Gasteiger partial charge in [0.15, 0.2) is 18.2 Å². The van der Waals surface area contributed by atoms with E-state index < -0.39 is 36.4 Å². The molecule has 3 rings (SSSR count). The lowest BCUT2D eigenvalue weighted by Crippen LogP contribution is -2.36. The first-order chi connectivity index (χ1) is 10.5. The lowest BCUT2D eigenvalue weighted by atomic mass is 10.1. The van der Waals surface area contributed by atoms with E-state index in [4.69, 9.17) is 23.7 Å². The zero-order valence-electron chi connectivity index (χ0n) is 12.9. The third-order valence-corrected chi connectivity index (χ3v) is 3.70. The first-order valence-electron chi connectivity index (χ1n) is 7.24. The first kappa shape index (κ1) is 15.4. The van der Waals surface area contributed by atoms with Crippen molar-refractivity contribution in [3.05, 3.63) is 35.9 Å². The highest BCUT2D eigenvalue weighted by molar-refractivity contribution is 5.76. The summed E-state index contributed by atoms with van der Waals surface area (Å²) < 4.78 is 27.8. The minimum absolute atomic E-state index is 0.367. The van der Waals surface area contributed by atoms with Crippen molar-refractivity contribution < 1.29 is 28.5 Å². The number of esters is 1. The predicted molar refractivity (Wildman–Crippen MR) is 75.7 cm³/mol. The van der Waals surface area contributed by atoms with Crippen LogP contribution in [0.4, 0.5) is 0 Å². The minimum atomic E-state index is -0.836. The average Bonchev–Trinajstić information content (AvgIpc) is 2.99. The van der Waals surface area contributed by atoms with Crippen LogP contribution in [0.25, 0.3) is 0 Å². The maximum absolute atomic E-state index is 11.8. The quantitative estimate of drug-likeness (QED) is 0.788. The molecule has 1 aromatic rings. The zero-order valence-corrected chi connectivity index (χ0v) is 12.9. The average molecular weight is 308 g/mol. The summed E-state index contributed by atoms with van der Waals surface area (Å²) in [4.78, 5) is 11.8. The molecule has 2 heterocycles. The van der Waals surface area contributed by atoms with Crippen LogP contribution in [0.1, 0.15) is 19.4 Å². The van der Waals surface area contributed by atoms with Gasteiger partial charge in [0.2, 0.25) is 0 Å². The number of benzene rings is 1. The van der Waals surface area contributed by atoms with Crippen molar-refractivity contribution in [2.45, 2.75) is 50.8 Å². The number of ether oxygens (including phenoxy) is 5. The molecule has 0 aromatic heterocycles. The fraction of sp³-hybridized carbons (Fsp3) is 0.562. The molecule has 1 aromatic carbocycles. The SMILES string of the molecule is COC(=O)C1OC(OCc2ccccc2)C2OC(C)(C)OC12. The monoisotopic (exact) mass is 308 g/mol. The van der Waals surface area contributed by atoms with Gasteiger partial charge in [0, 0.05) is 0 Å². The summed E-state index contributed by atoms with van der Waals surface area (Å²) >= 11 is 0. The van der Waals surface area contributed by atoms with E-state index in [1.54, 1.807) is 13.8 Å². The summed E-state index contributed by atoms with van der Waals surface area (Å²) in [6.07, 6.45) is -2.49. The second-order valence-electron chi connectivity index (χ2n) is 5.81. The van der Waals surface area contributed by atoms with E-state index in [-0.39, 0.29) is 0 Å². The highest BCUT2D eigenvalue weighted by Crippen LogP contribution is 2.39. The predicted octanol–water partition coefficient (Wildman–Crippen LogP) is 1.62. The molecule has 2 aliphatic heterocycles. The van der Waals surface area contributed by atoms with Crippen LogP contribution in [-0.2, 0) is 35.1 Å². The number of methoxy groups -OCH3 is 1. The van der Waals surface area contributed by atoms with E-state index in [2.05, 4.69) is 0 Å². The van der Waals surface area contributed by atoms with E-state index in [9.17, 15) is 4.79 Å². The fourth-order valence-electron chi connectivity index (χ4n) is 2.75. The number of hydrogen-bond donors (Lipinski definition) is 0. The Morgan fingerprint density at radius 1 is 1.18 bits per heavy atom. The molecule has 2 aliphatic rings. The molecule has 4 atom stereocenters. The molecule has 120 valence electrons. The maximum atomic E-state index is 11.8. The fourth-order valence-corrected chi connectivity index (χ4v) is 2.75. The summed E-state index contributed by atoms with van der Waals surface area (Å²) in [5, 5.41) is 0. The molecule has 2 saturated heterocycles. The van der Waals surface area contributed by atoms with Crippen molar-refractivity contribution in [3.8, 4) is 0 Å². The van der Waals surface area contributed by atoms with Crippen molar-refractivity contribution in [3.63, 3.8) is 0 Å². The van der Waals surface area contributed by atoms with Gasteiger partial charge in [-0.1, -0.05) is 30.3 Å². The van der Waals surface area contributed by atoms with Gasteiger partial charge in [-0.25, -0.2) is 4.79 Å². The Hall–Kier alpha value is -1.47. The lowest BCUT2D eigenvalue weighted by molar-refractivity contribution is -0.238. The van der Waals surface area contributed by atoms with E-state index in [1.807, 2.05) is 30.3 Å². The van der Waals surface area contributed by atoms with Crippen LogP contribution >= 0.6 is 0 Å². The normalized spacial score (nSPS) is 32.7. The van der Waals surface area contributed by atoms with Crippen molar-refractivity contribution in [2.75, 3.05) is 7.11 Å². The lowest BCUT2D eigenvalue weighted by Gasteiger charge is -2.23. The van der Waals surface area contributed by atoms with Crippen LogP contribution in [0, 0.1) is 0 Å². The second-order valence-corrected chi connectivity index (χ2v) is 5.81. The van der Waals surface area contributed by atoms with Gasteiger partial charge < -0.3 is 23.7 Å². The van der Waals surface area contributed by atoms with Crippen LogP contribution in [0.2, 0.25) is 0 Å². The summed E-state index contributed by atoms with van der Waals surface area (Å²) in [6, 6.07) is 9.73. The molecule has 0 radical (unpaired) electrons. The molecular weight excluding hydrogens is 288 g/mol. The number of carbonyl (C=O) groups excluding carboxylic acids is 1. The van der Waals surface area contributed by atoms with E-state index in [1.165, 1.54) is 7.11 Å². The summed E-state index contributed by atoms with van der Waals surface area (Å²) in [5.74, 6) is -1.26. The molecule has 0 amide bonds. The van der Waals surface area contributed by atoms with E-state index in [0.717, 1.165) is 5.56 Å². The van der Waals surface area contributed by atoms with Crippen LogP contribution in [-0.4, -0.2) is 43.5 Å². The van der Waals surface area contributed by atoms with Crippen LogP contribution in [0.15, 0.2) is 30.3 Å². The number of rotatable bonds is 4. The molecule has 0 N–H and O–H groups in total. The van der Waals surface area contributed by atoms with Gasteiger partial charge in [-0.3, -0.25) is 0 Å².